The molecule has 1 heterocycles. The lowest BCUT2D eigenvalue weighted by molar-refractivity contribution is 0.0376. The van der Waals surface area contributed by atoms with Crippen LogP contribution < -0.4 is 5.32 Å². The van der Waals surface area contributed by atoms with E-state index in [1.807, 2.05) is 6.92 Å². The molecule has 100 valence electrons. The molecule has 0 spiro atoms. The summed E-state index contributed by atoms with van der Waals surface area (Å²) in [5, 5.41) is 2.70. The first-order valence-electron chi connectivity index (χ1n) is 6.06. The normalized spacial score (nSPS) is 10.6. The quantitative estimate of drug-likeness (QED) is 0.804. The number of nitrogens with one attached hydrogen (secondary N) is 2. The number of hydrogen-bond donors (Lipinski definition) is 2. The highest BCUT2D eigenvalue weighted by Crippen LogP contribution is 2.19. The molecule has 1 aromatic rings. The van der Waals surface area contributed by atoms with Crippen molar-refractivity contribution in [2.24, 2.45) is 0 Å². The van der Waals surface area contributed by atoms with E-state index in [4.69, 9.17) is 4.74 Å². The molecule has 18 heavy (non-hydrogen) atoms. The van der Waals surface area contributed by atoms with E-state index in [9.17, 15) is 9.59 Å². The Balaban J connectivity index is 3.08. The smallest absolute Gasteiger partial charge is 0.340 e. The molecule has 0 fully saturated rings. The highest BCUT2D eigenvalue weighted by atomic mass is 16.5. The van der Waals surface area contributed by atoms with Crippen LogP contribution in [0.1, 0.15) is 52.9 Å². The minimum atomic E-state index is -0.396. The van der Waals surface area contributed by atoms with E-state index >= 15 is 0 Å². The van der Waals surface area contributed by atoms with Crippen molar-refractivity contribution < 1.29 is 14.3 Å². The van der Waals surface area contributed by atoms with Crippen LogP contribution in [0.15, 0.2) is 0 Å². The van der Waals surface area contributed by atoms with Crippen LogP contribution in [-0.4, -0.2) is 29.5 Å². The maximum Gasteiger partial charge on any atom is 0.340 e. The summed E-state index contributed by atoms with van der Waals surface area (Å²) in [6.45, 7) is 9.47. The van der Waals surface area contributed by atoms with E-state index in [1.54, 1.807) is 27.7 Å². The summed E-state index contributed by atoms with van der Waals surface area (Å²) in [6.07, 6.45) is -0.181. The Morgan fingerprint density at radius 1 is 1.33 bits per heavy atom. The Morgan fingerprint density at radius 3 is 2.44 bits per heavy atom. The zero-order chi connectivity index (χ0) is 13.9. The number of aromatic nitrogens is 1. The van der Waals surface area contributed by atoms with Gasteiger partial charge in [-0.25, -0.2) is 4.79 Å². The molecule has 0 bridgehead atoms. The third-order valence-electron chi connectivity index (χ3n) is 2.55. The standard InChI is InChI=1S/C13H20N2O3/c1-6-14-12(16)11-8(4)10(9(5)15-11)13(17)18-7(2)3/h7,15H,6H2,1-5H3,(H,14,16). The molecule has 0 aromatic carbocycles. The number of carbonyl (C=O) groups is 2. The molecule has 0 atom stereocenters. The Bertz CT molecular complexity index is 461. The van der Waals surface area contributed by atoms with Crippen LogP contribution in [0.3, 0.4) is 0 Å². The number of rotatable bonds is 4. The fraction of sp³-hybridized carbons (Fsp3) is 0.538. The van der Waals surface area contributed by atoms with E-state index in [0.29, 0.717) is 29.1 Å². The largest absolute Gasteiger partial charge is 0.459 e. The Labute approximate surface area is 107 Å². The molecule has 0 saturated carbocycles. The van der Waals surface area contributed by atoms with Crippen LogP contribution in [0, 0.1) is 13.8 Å². The van der Waals surface area contributed by atoms with Crippen molar-refractivity contribution in [3.05, 3.63) is 22.5 Å². The molecule has 0 radical (unpaired) electrons. The van der Waals surface area contributed by atoms with Gasteiger partial charge >= 0.3 is 5.97 Å². The molecule has 5 nitrogen and oxygen atoms in total. The lowest BCUT2D eigenvalue weighted by Gasteiger charge is -2.08. The third kappa shape index (κ3) is 2.91. The van der Waals surface area contributed by atoms with Gasteiger partial charge < -0.3 is 15.0 Å². The van der Waals surface area contributed by atoms with Crippen molar-refractivity contribution in [1.29, 1.82) is 0 Å². The second kappa shape index (κ2) is 5.71. The number of aryl methyl sites for hydroxylation is 1. The summed E-state index contributed by atoms with van der Waals surface area (Å²) < 4.78 is 5.16. The van der Waals surface area contributed by atoms with Gasteiger partial charge in [0, 0.05) is 12.2 Å². The molecule has 0 aliphatic heterocycles. The predicted molar refractivity (Wildman–Crippen MR) is 68.8 cm³/mol. The lowest BCUT2D eigenvalue weighted by Crippen LogP contribution is -2.24. The fourth-order valence-electron chi connectivity index (χ4n) is 1.81. The number of aromatic amines is 1. The predicted octanol–water partition coefficient (Wildman–Crippen LogP) is 1.95. The third-order valence-corrected chi connectivity index (χ3v) is 2.55. The van der Waals surface area contributed by atoms with Gasteiger partial charge in [0.2, 0.25) is 0 Å². The van der Waals surface area contributed by atoms with Crippen molar-refractivity contribution in [2.75, 3.05) is 6.54 Å². The first-order chi connectivity index (χ1) is 8.38. The zero-order valence-corrected chi connectivity index (χ0v) is 11.5. The van der Waals surface area contributed by atoms with Gasteiger partial charge in [0.25, 0.3) is 5.91 Å². The number of ether oxygens (including phenoxy) is 1. The van der Waals surface area contributed by atoms with E-state index in [-0.39, 0.29) is 12.0 Å². The molecule has 0 aliphatic rings. The molecular formula is C13H20N2O3. The van der Waals surface area contributed by atoms with Gasteiger partial charge in [-0.2, -0.15) is 0 Å². The molecule has 1 rings (SSSR count). The van der Waals surface area contributed by atoms with Crippen molar-refractivity contribution in [3.63, 3.8) is 0 Å². The summed E-state index contributed by atoms with van der Waals surface area (Å²) in [5.41, 5.74) is 2.15. The van der Waals surface area contributed by atoms with Gasteiger partial charge in [-0.1, -0.05) is 0 Å². The highest BCUT2D eigenvalue weighted by molar-refractivity contribution is 6.00. The van der Waals surface area contributed by atoms with E-state index in [0.717, 1.165) is 0 Å². The molecule has 2 N–H and O–H groups in total. The average molecular weight is 252 g/mol. The van der Waals surface area contributed by atoms with E-state index < -0.39 is 5.97 Å². The SMILES string of the molecule is CCNC(=O)c1[nH]c(C)c(C(=O)OC(C)C)c1C. The molecule has 0 saturated heterocycles. The monoisotopic (exact) mass is 252 g/mol. The van der Waals surface area contributed by atoms with Crippen molar-refractivity contribution in [1.82, 2.24) is 10.3 Å². The number of hydrogen-bond acceptors (Lipinski definition) is 3. The minimum absolute atomic E-state index is 0.181. The lowest BCUT2D eigenvalue weighted by atomic mass is 10.1. The van der Waals surface area contributed by atoms with Gasteiger partial charge in [-0.15, -0.1) is 0 Å². The second-order valence-corrected chi connectivity index (χ2v) is 4.44. The van der Waals surface area contributed by atoms with Crippen LogP contribution in [0.5, 0.6) is 0 Å². The van der Waals surface area contributed by atoms with Crippen LogP contribution in [0.25, 0.3) is 0 Å². The van der Waals surface area contributed by atoms with Crippen LogP contribution in [-0.2, 0) is 4.74 Å². The first kappa shape index (κ1) is 14.3. The van der Waals surface area contributed by atoms with Gasteiger partial charge in [0.05, 0.1) is 11.7 Å². The first-order valence-corrected chi connectivity index (χ1v) is 6.06. The average Bonchev–Trinajstić information content (AvgIpc) is 2.53. The molecule has 0 aliphatic carbocycles. The van der Waals surface area contributed by atoms with Crippen molar-refractivity contribution in [3.8, 4) is 0 Å². The highest BCUT2D eigenvalue weighted by Gasteiger charge is 2.23. The van der Waals surface area contributed by atoms with Crippen LogP contribution in [0.4, 0.5) is 0 Å². The molecule has 1 aromatic heterocycles. The Morgan fingerprint density at radius 2 is 1.94 bits per heavy atom. The van der Waals surface area contributed by atoms with E-state index in [1.165, 1.54) is 0 Å². The topological polar surface area (TPSA) is 71.2 Å². The second-order valence-electron chi connectivity index (χ2n) is 4.44. The maximum absolute atomic E-state index is 11.9. The molecule has 5 heteroatoms. The van der Waals surface area contributed by atoms with Crippen LogP contribution >= 0.6 is 0 Å². The van der Waals surface area contributed by atoms with E-state index in [2.05, 4.69) is 10.3 Å². The van der Waals surface area contributed by atoms with Crippen molar-refractivity contribution in [2.45, 2.75) is 40.7 Å². The van der Waals surface area contributed by atoms with Crippen LogP contribution in [0.2, 0.25) is 0 Å². The summed E-state index contributed by atoms with van der Waals surface area (Å²) in [5.74, 6) is -0.603. The minimum Gasteiger partial charge on any atom is -0.459 e. The summed E-state index contributed by atoms with van der Waals surface area (Å²) in [7, 11) is 0. The summed E-state index contributed by atoms with van der Waals surface area (Å²) in [6, 6.07) is 0. The zero-order valence-electron chi connectivity index (χ0n) is 11.5. The number of H-pyrrole nitrogens is 1. The van der Waals surface area contributed by atoms with Gasteiger partial charge in [-0.3, -0.25) is 4.79 Å². The Hall–Kier alpha value is -1.78. The fourth-order valence-corrected chi connectivity index (χ4v) is 1.81. The molecular weight excluding hydrogens is 232 g/mol. The molecule has 1 amide bonds. The number of esters is 1. The maximum atomic E-state index is 11.9. The molecule has 0 unspecified atom stereocenters. The van der Waals surface area contributed by atoms with Crippen molar-refractivity contribution >= 4 is 11.9 Å². The Kier molecular flexibility index (Phi) is 4.53. The summed E-state index contributed by atoms with van der Waals surface area (Å²) in [4.78, 5) is 26.6. The van der Waals surface area contributed by atoms with Gasteiger partial charge in [-0.05, 0) is 40.2 Å². The number of carbonyl (C=O) groups excluding carboxylic acids is 2. The summed E-state index contributed by atoms with van der Waals surface area (Å²) >= 11 is 0. The number of amides is 1. The van der Waals surface area contributed by atoms with Gasteiger partial charge in [0.1, 0.15) is 5.69 Å². The van der Waals surface area contributed by atoms with Gasteiger partial charge in [0.15, 0.2) is 0 Å².